The summed E-state index contributed by atoms with van der Waals surface area (Å²) >= 11 is 0. The lowest BCUT2D eigenvalue weighted by Crippen LogP contribution is -2.28. The molecule has 1 aromatic rings. The molecule has 2 atom stereocenters. The van der Waals surface area contributed by atoms with E-state index in [0.717, 1.165) is 25.2 Å². The highest BCUT2D eigenvalue weighted by Gasteiger charge is 2.17. The first-order valence-corrected chi connectivity index (χ1v) is 6.54. The van der Waals surface area contributed by atoms with Crippen molar-refractivity contribution in [2.45, 2.75) is 32.4 Å². The lowest BCUT2D eigenvalue weighted by atomic mass is 9.98. The summed E-state index contributed by atoms with van der Waals surface area (Å²) in [5.74, 6) is -0.403. The molecule has 1 rings (SSSR count). The summed E-state index contributed by atoms with van der Waals surface area (Å²) in [6, 6.07) is 5.85. The number of rotatable bonds is 8. The number of hydrogen-bond acceptors (Lipinski definition) is 4. The van der Waals surface area contributed by atoms with Gasteiger partial charge in [-0.3, -0.25) is 9.78 Å². The number of aliphatic hydroxyl groups is 1. The molecule has 0 saturated heterocycles. The van der Waals surface area contributed by atoms with Crippen molar-refractivity contribution in [1.29, 1.82) is 0 Å². The number of amides is 1. The Morgan fingerprint density at radius 3 is 2.84 bits per heavy atom. The van der Waals surface area contributed by atoms with Gasteiger partial charge in [-0.05, 0) is 38.1 Å². The Hall–Kier alpha value is -1.46. The summed E-state index contributed by atoms with van der Waals surface area (Å²) in [4.78, 5) is 17.2. The van der Waals surface area contributed by atoms with Gasteiger partial charge in [0.2, 0.25) is 5.91 Å². The van der Waals surface area contributed by atoms with Gasteiger partial charge in [-0.15, -0.1) is 0 Å². The minimum absolute atomic E-state index is 0.0329. The molecule has 106 valence electrons. The smallest absolute Gasteiger partial charge is 0.220 e. The van der Waals surface area contributed by atoms with Crippen molar-refractivity contribution >= 4 is 5.91 Å². The molecule has 0 fully saturated rings. The predicted molar refractivity (Wildman–Crippen MR) is 74.2 cm³/mol. The average Bonchev–Trinajstić information content (AvgIpc) is 2.36. The summed E-state index contributed by atoms with van der Waals surface area (Å²) in [5, 5.41) is 9.76. The minimum Gasteiger partial charge on any atom is -0.392 e. The maximum atomic E-state index is 10.7. The maximum absolute atomic E-state index is 10.7. The highest BCUT2D eigenvalue weighted by molar-refractivity contribution is 5.74. The fourth-order valence-corrected chi connectivity index (χ4v) is 1.87. The number of carbonyl (C=O) groups is 1. The molecule has 0 aliphatic rings. The van der Waals surface area contributed by atoms with Crippen LogP contribution in [0.2, 0.25) is 0 Å². The fraction of sp³-hybridized carbons (Fsp3) is 0.571. The number of nitrogens with two attached hydrogens (primary N) is 1. The van der Waals surface area contributed by atoms with Crippen LogP contribution in [0.5, 0.6) is 0 Å². The van der Waals surface area contributed by atoms with E-state index in [0.29, 0.717) is 0 Å². The molecule has 0 unspecified atom stereocenters. The number of aromatic nitrogens is 1. The van der Waals surface area contributed by atoms with Gasteiger partial charge < -0.3 is 15.7 Å². The SMILES string of the molecule is C[C@H](CCN(C)Cc1ccccn1)[C@@H](O)CC(N)=O. The van der Waals surface area contributed by atoms with Gasteiger partial charge in [0.1, 0.15) is 0 Å². The Bertz CT molecular complexity index is 384. The molecular formula is C14H23N3O2. The molecule has 3 N–H and O–H groups in total. The van der Waals surface area contributed by atoms with Crippen LogP contribution < -0.4 is 5.73 Å². The average molecular weight is 265 g/mol. The van der Waals surface area contributed by atoms with E-state index in [1.807, 2.05) is 32.2 Å². The largest absolute Gasteiger partial charge is 0.392 e. The van der Waals surface area contributed by atoms with Crippen LogP contribution in [0.1, 0.15) is 25.5 Å². The summed E-state index contributed by atoms with van der Waals surface area (Å²) in [7, 11) is 2.02. The number of carbonyl (C=O) groups excluding carboxylic acids is 1. The van der Waals surface area contributed by atoms with Gasteiger partial charge in [0.25, 0.3) is 0 Å². The fourth-order valence-electron chi connectivity index (χ4n) is 1.87. The maximum Gasteiger partial charge on any atom is 0.220 e. The molecule has 0 radical (unpaired) electrons. The molecule has 0 aliphatic heterocycles. The predicted octanol–water partition coefficient (Wildman–Crippen LogP) is 0.776. The van der Waals surface area contributed by atoms with Crippen LogP contribution in [0, 0.1) is 5.92 Å². The molecule has 0 spiro atoms. The van der Waals surface area contributed by atoms with E-state index in [1.165, 1.54) is 0 Å². The molecule has 0 bridgehead atoms. The zero-order valence-electron chi connectivity index (χ0n) is 11.6. The number of pyridine rings is 1. The zero-order valence-corrected chi connectivity index (χ0v) is 11.6. The van der Waals surface area contributed by atoms with Crippen LogP contribution in [0.15, 0.2) is 24.4 Å². The first kappa shape index (κ1) is 15.6. The molecule has 0 saturated carbocycles. The molecule has 1 heterocycles. The van der Waals surface area contributed by atoms with Crippen molar-refractivity contribution in [3.05, 3.63) is 30.1 Å². The Morgan fingerprint density at radius 2 is 2.26 bits per heavy atom. The van der Waals surface area contributed by atoms with Gasteiger partial charge in [-0.1, -0.05) is 13.0 Å². The molecule has 1 aromatic heterocycles. The Morgan fingerprint density at radius 1 is 1.53 bits per heavy atom. The Balaban J connectivity index is 2.29. The third kappa shape index (κ3) is 6.31. The first-order valence-electron chi connectivity index (χ1n) is 6.54. The minimum atomic E-state index is -0.652. The molecular weight excluding hydrogens is 242 g/mol. The van der Waals surface area contributed by atoms with Gasteiger partial charge in [0.05, 0.1) is 18.2 Å². The van der Waals surface area contributed by atoms with Crippen molar-refractivity contribution in [2.75, 3.05) is 13.6 Å². The van der Waals surface area contributed by atoms with E-state index in [4.69, 9.17) is 5.73 Å². The van der Waals surface area contributed by atoms with E-state index in [2.05, 4.69) is 9.88 Å². The first-order chi connectivity index (χ1) is 8.99. The summed E-state index contributed by atoms with van der Waals surface area (Å²) < 4.78 is 0. The molecule has 5 nitrogen and oxygen atoms in total. The Kier molecular flexibility index (Phi) is 6.45. The second-order valence-electron chi connectivity index (χ2n) is 5.06. The number of aliphatic hydroxyl groups excluding tert-OH is 1. The van der Waals surface area contributed by atoms with Crippen LogP contribution in [-0.2, 0) is 11.3 Å². The van der Waals surface area contributed by atoms with Crippen LogP contribution in [-0.4, -0.2) is 40.6 Å². The quantitative estimate of drug-likeness (QED) is 0.728. The van der Waals surface area contributed by atoms with E-state index in [1.54, 1.807) is 6.20 Å². The van der Waals surface area contributed by atoms with Gasteiger partial charge in [-0.2, -0.15) is 0 Å². The summed E-state index contributed by atoms with van der Waals surface area (Å²) in [6.07, 6.45) is 1.98. The van der Waals surface area contributed by atoms with Crippen LogP contribution in [0.3, 0.4) is 0 Å². The third-order valence-electron chi connectivity index (χ3n) is 3.19. The summed E-state index contributed by atoms with van der Waals surface area (Å²) in [6.45, 7) is 3.55. The highest BCUT2D eigenvalue weighted by Crippen LogP contribution is 2.12. The monoisotopic (exact) mass is 265 g/mol. The lowest BCUT2D eigenvalue weighted by molar-refractivity contribution is -0.120. The lowest BCUT2D eigenvalue weighted by Gasteiger charge is -2.21. The highest BCUT2D eigenvalue weighted by atomic mass is 16.3. The van der Waals surface area contributed by atoms with E-state index in [9.17, 15) is 9.90 Å². The zero-order chi connectivity index (χ0) is 14.3. The van der Waals surface area contributed by atoms with Crippen LogP contribution >= 0.6 is 0 Å². The third-order valence-corrected chi connectivity index (χ3v) is 3.19. The van der Waals surface area contributed by atoms with E-state index in [-0.39, 0.29) is 12.3 Å². The standard InChI is InChI=1S/C14H23N3O2/c1-11(13(18)9-14(15)19)6-8-17(2)10-12-5-3-4-7-16-12/h3-5,7,11,13,18H,6,8-10H2,1-2H3,(H2,15,19)/t11-,13+/m1/s1. The number of hydrogen-bond donors (Lipinski definition) is 2. The van der Waals surface area contributed by atoms with Gasteiger partial charge in [0, 0.05) is 12.7 Å². The van der Waals surface area contributed by atoms with E-state index < -0.39 is 12.0 Å². The second-order valence-corrected chi connectivity index (χ2v) is 5.06. The van der Waals surface area contributed by atoms with Crippen LogP contribution in [0.4, 0.5) is 0 Å². The summed E-state index contributed by atoms with van der Waals surface area (Å²) in [5.41, 5.74) is 6.10. The molecule has 1 amide bonds. The molecule has 0 aromatic carbocycles. The van der Waals surface area contributed by atoms with Gasteiger partial charge in [0.15, 0.2) is 0 Å². The Labute approximate surface area is 114 Å². The van der Waals surface area contributed by atoms with Gasteiger partial charge in [-0.25, -0.2) is 0 Å². The van der Waals surface area contributed by atoms with Crippen molar-refractivity contribution in [3.63, 3.8) is 0 Å². The number of primary amides is 1. The molecule has 19 heavy (non-hydrogen) atoms. The topological polar surface area (TPSA) is 79.4 Å². The van der Waals surface area contributed by atoms with Crippen LogP contribution in [0.25, 0.3) is 0 Å². The van der Waals surface area contributed by atoms with Crippen molar-refractivity contribution < 1.29 is 9.90 Å². The second kappa shape index (κ2) is 7.86. The molecule has 5 heteroatoms. The van der Waals surface area contributed by atoms with Crippen molar-refractivity contribution in [1.82, 2.24) is 9.88 Å². The van der Waals surface area contributed by atoms with E-state index >= 15 is 0 Å². The number of nitrogens with zero attached hydrogens (tertiary/aromatic N) is 2. The molecule has 0 aliphatic carbocycles. The normalized spacial score (nSPS) is 14.3. The van der Waals surface area contributed by atoms with Crippen molar-refractivity contribution in [2.24, 2.45) is 11.7 Å². The van der Waals surface area contributed by atoms with Crippen molar-refractivity contribution in [3.8, 4) is 0 Å². The van der Waals surface area contributed by atoms with Gasteiger partial charge >= 0.3 is 0 Å².